The molecule has 112 valence electrons. The molecule has 0 bridgehead atoms. The first-order valence-corrected chi connectivity index (χ1v) is 7.35. The molecule has 1 atom stereocenters. The van der Waals surface area contributed by atoms with Crippen LogP contribution in [0.3, 0.4) is 0 Å². The molecule has 2 rings (SSSR count). The van der Waals surface area contributed by atoms with Gasteiger partial charge in [0, 0.05) is 5.02 Å². The second kappa shape index (κ2) is 6.87. The van der Waals surface area contributed by atoms with Crippen LogP contribution in [0.15, 0.2) is 39.4 Å². The van der Waals surface area contributed by atoms with E-state index in [0.29, 0.717) is 33.2 Å². The third-order valence-electron chi connectivity index (χ3n) is 2.72. The van der Waals surface area contributed by atoms with Crippen molar-refractivity contribution in [1.29, 1.82) is 0 Å². The number of amides is 1. The van der Waals surface area contributed by atoms with Gasteiger partial charge in [0.1, 0.15) is 5.76 Å². The highest BCUT2D eigenvalue weighted by molar-refractivity contribution is 9.10. The highest BCUT2D eigenvalue weighted by Gasteiger charge is 2.18. The van der Waals surface area contributed by atoms with Crippen molar-refractivity contribution in [3.8, 4) is 5.75 Å². The van der Waals surface area contributed by atoms with E-state index in [1.807, 2.05) is 0 Å². The van der Waals surface area contributed by atoms with Crippen LogP contribution in [0.4, 0.5) is 5.69 Å². The zero-order valence-electron chi connectivity index (χ0n) is 11.2. The second-order valence-corrected chi connectivity index (χ2v) is 5.65. The van der Waals surface area contributed by atoms with Gasteiger partial charge >= 0.3 is 0 Å². The molecule has 1 aromatic carbocycles. The zero-order chi connectivity index (χ0) is 15.4. The predicted octanol–water partition coefficient (Wildman–Crippen LogP) is 3.36. The van der Waals surface area contributed by atoms with Gasteiger partial charge in [0.05, 0.1) is 23.0 Å². The summed E-state index contributed by atoms with van der Waals surface area (Å²) in [6, 6.07) is 6.75. The molecular formula is C14H14BrClN2O3. The number of nitrogens with two attached hydrogens (primary N) is 1. The molecule has 5 nitrogen and oxygen atoms in total. The summed E-state index contributed by atoms with van der Waals surface area (Å²) < 4.78 is 11.3. The summed E-state index contributed by atoms with van der Waals surface area (Å²) >= 11 is 9.18. The summed E-state index contributed by atoms with van der Waals surface area (Å²) in [5, 5.41) is 3.20. The SMILES string of the molecule is CC(Oc1c(N)cc(Cl)cc1Br)C(=O)NCc1ccco1. The van der Waals surface area contributed by atoms with E-state index in [9.17, 15) is 4.79 Å². The van der Waals surface area contributed by atoms with E-state index in [4.69, 9.17) is 26.5 Å². The molecule has 1 aromatic heterocycles. The van der Waals surface area contributed by atoms with Crippen LogP contribution in [-0.2, 0) is 11.3 Å². The third-order valence-corrected chi connectivity index (χ3v) is 3.53. The number of hydrogen-bond donors (Lipinski definition) is 2. The number of carbonyl (C=O) groups is 1. The molecule has 7 heteroatoms. The largest absolute Gasteiger partial charge is 0.478 e. The molecule has 0 aliphatic carbocycles. The highest BCUT2D eigenvalue weighted by Crippen LogP contribution is 2.35. The molecule has 0 spiro atoms. The summed E-state index contributed by atoms with van der Waals surface area (Å²) in [4.78, 5) is 12.0. The van der Waals surface area contributed by atoms with Crippen LogP contribution in [0.25, 0.3) is 0 Å². The van der Waals surface area contributed by atoms with Crippen molar-refractivity contribution in [3.63, 3.8) is 0 Å². The number of nitrogens with one attached hydrogen (secondary N) is 1. The first-order chi connectivity index (χ1) is 9.97. The monoisotopic (exact) mass is 372 g/mol. The van der Waals surface area contributed by atoms with E-state index in [-0.39, 0.29) is 5.91 Å². The van der Waals surface area contributed by atoms with Crippen LogP contribution >= 0.6 is 27.5 Å². The lowest BCUT2D eigenvalue weighted by atomic mass is 10.3. The van der Waals surface area contributed by atoms with Crippen molar-refractivity contribution in [3.05, 3.63) is 45.8 Å². The Labute approximate surface area is 135 Å². The zero-order valence-corrected chi connectivity index (χ0v) is 13.6. The van der Waals surface area contributed by atoms with Gasteiger partial charge in [-0.1, -0.05) is 11.6 Å². The number of anilines is 1. The van der Waals surface area contributed by atoms with Crippen LogP contribution < -0.4 is 15.8 Å². The summed E-state index contributed by atoms with van der Waals surface area (Å²) in [5.74, 6) is 0.787. The Kier molecular flexibility index (Phi) is 5.14. The van der Waals surface area contributed by atoms with Crippen molar-refractivity contribution >= 4 is 39.1 Å². The molecule has 1 amide bonds. The van der Waals surface area contributed by atoms with Crippen molar-refractivity contribution in [2.75, 3.05) is 5.73 Å². The van der Waals surface area contributed by atoms with E-state index in [1.54, 1.807) is 37.5 Å². The molecule has 0 fully saturated rings. The minimum Gasteiger partial charge on any atom is -0.478 e. The molecule has 21 heavy (non-hydrogen) atoms. The predicted molar refractivity (Wildman–Crippen MR) is 84.2 cm³/mol. The number of rotatable bonds is 5. The van der Waals surface area contributed by atoms with Crippen molar-refractivity contribution in [2.24, 2.45) is 0 Å². The fraction of sp³-hybridized carbons (Fsp3) is 0.214. The Bertz CT molecular complexity index is 608. The summed E-state index contributed by atoms with van der Waals surface area (Å²) in [7, 11) is 0. The lowest BCUT2D eigenvalue weighted by Gasteiger charge is -2.17. The van der Waals surface area contributed by atoms with Crippen molar-refractivity contribution in [1.82, 2.24) is 5.32 Å². The Hall–Kier alpha value is -1.66. The number of halogens is 2. The summed E-state index contributed by atoms with van der Waals surface area (Å²) in [5.41, 5.74) is 6.20. The van der Waals surface area contributed by atoms with Gasteiger partial charge in [-0.15, -0.1) is 0 Å². The van der Waals surface area contributed by atoms with Gasteiger partial charge in [0.2, 0.25) is 0 Å². The van der Waals surface area contributed by atoms with Crippen LogP contribution in [0.5, 0.6) is 5.75 Å². The normalized spacial score (nSPS) is 12.0. The summed E-state index contributed by atoms with van der Waals surface area (Å²) in [6.45, 7) is 1.94. The van der Waals surface area contributed by atoms with Gasteiger partial charge in [-0.05, 0) is 47.1 Å². The number of benzene rings is 1. The molecule has 0 saturated carbocycles. The van der Waals surface area contributed by atoms with Gasteiger partial charge in [0.25, 0.3) is 5.91 Å². The lowest BCUT2D eigenvalue weighted by Crippen LogP contribution is -2.36. The van der Waals surface area contributed by atoms with Crippen LogP contribution in [-0.4, -0.2) is 12.0 Å². The average molecular weight is 374 g/mol. The van der Waals surface area contributed by atoms with E-state index in [1.165, 1.54) is 0 Å². The maximum atomic E-state index is 12.0. The topological polar surface area (TPSA) is 77.5 Å². The smallest absolute Gasteiger partial charge is 0.261 e. The molecule has 0 radical (unpaired) electrons. The van der Waals surface area contributed by atoms with E-state index in [2.05, 4.69) is 21.2 Å². The maximum absolute atomic E-state index is 12.0. The fourth-order valence-corrected chi connectivity index (χ4v) is 2.59. The third kappa shape index (κ3) is 4.15. The number of furan rings is 1. The molecule has 0 aliphatic heterocycles. The van der Waals surface area contributed by atoms with Crippen LogP contribution in [0.1, 0.15) is 12.7 Å². The number of carbonyl (C=O) groups excluding carboxylic acids is 1. The highest BCUT2D eigenvalue weighted by atomic mass is 79.9. The number of ether oxygens (including phenoxy) is 1. The lowest BCUT2D eigenvalue weighted by molar-refractivity contribution is -0.127. The van der Waals surface area contributed by atoms with Crippen molar-refractivity contribution < 1.29 is 13.9 Å². The maximum Gasteiger partial charge on any atom is 0.261 e. The van der Waals surface area contributed by atoms with Crippen LogP contribution in [0.2, 0.25) is 5.02 Å². The Morgan fingerprint density at radius 1 is 1.57 bits per heavy atom. The number of nitrogen functional groups attached to an aromatic ring is 1. The summed E-state index contributed by atoms with van der Waals surface area (Å²) in [6.07, 6.45) is 0.840. The molecule has 3 N–H and O–H groups in total. The molecule has 1 heterocycles. The van der Waals surface area contributed by atoms with Crippen LogP contribution in [0, 0.1) is 0 Å². The molecule has 1 unspecified atom stereocenters. The first kappa shape index (κ1) is 15.7. The minimum absolute atomic E-state index is 0.271. The molecular weight excluding hydrogens is 360 g/mol. The Morgan fingerprint density at radius 2 is 2.33 bits per heavy atom. The van der Waals surface area contributed by atoms with E-state index in [0.717, 1.165) is 0 Å². The molecule has 0 aliphatic rings. The van der Waals surface area contributed by atoms with Gasteiger partial charge in [0.15, 0.2) is 11.9 Å². The molecule has 0 saturated heterocycles. The standard InChI is InChI=1S/C14H14BrClN2O3/c1-8(14(19)18-7-10-3-2-4-20-10)21-13-11(15)5-9(16)6-12(13)17/h2-6,8H,7,17H2,1H3,(H,18,19). The fourth-order valence-electron chi connectivity index (χ4n) is 1.67. The Balaban J connectivity index is 1.97. The van der Waals surface area contributed by atoms with Crippen molar-refractivity contribution in [2.45, 2.75) is 19.6 Å². The van der Waals surface area contributed by atoms with E-state index >= 15 is 0 Å². The van der Waals surface area contributed by atoms with Gasteiger partial charge < -0.3 is 20.2 Å². The number of hydrogen-bond acceptors (Lipinski definition) is 4. The molecule has 2 aromatic rings. The van der Waals surface area contributed by atoms with Gasteiger partial charge in [-0.3, -0.25) is 4.79 Å². The van der Waals surface area contributed by atoms with E-state index < -0.39 is 6.10 Å². The second-order valence-electron chi connectivity index (χ2n) is 4.36. The quantitative estimate of drug-likeness (QED) is 0.788. The minimum atomic E-state index is -0.709. The average Bonchev–Trinajstić information content (AvgIpc) is 2.93. The van der Waals surface area contributed by atoms with Gasteiger partial charge in [-0.2, -0.15) is 0 Å². The first-order valence-electron chi connectivity index (χ1n) is 6.18. The Morgan fingerprint density at radius 3 is 2.95 bits per heavy atom. The van der Waals surface area contributed by atoms with Gasteiger partial charge in [-0.25, -0.2) is 0 Å².